The van der Waals surface area contributed by atoms with E-state index in [-0.39, 0.29) is 17.6 Å². The minimum absolute atomic E-state index is 0.0222. The highest BCUT2D eigenvalue weighted by molar-refractivity contribution is 5.36. The third-order valence-corrected chi connectivity index (χ3v) is 5.23. The molecule has 3 unspecified atom stereocenters. The first-order valence-corrected chi connectivity index (χ1v) is 9.14. The maximum atomic E-state index is 13.5. The topological polar surface area (TPSA) is 26.7 Å². The number of halogens is 1. The van der Waals surface area contributed by atoms with Crippen molar-refractivity contribution in [1.29, 1.82) is 0 Å². The summed E-state index contributed by atoms with van der Waals surface area (Å²) >= 11 is 0. The van der Waals surface area contributed by atoms with Crippen molar-refractivity contribution in [2.75, 3.05) is 19.6 Å². The zero-order valence-corrected chi connectivity index (χ0v) is 15.5. The Kier molecular flexibility index (Phi) is 5.74. The zero-order valence-electron chi connectivity index (χ0n) is 15.5. The molecule has 2 aromatic rings. The molecule has 1 heterocycles. The zero-order chi connectivity index (χ0) is 18.7. The van der Waals surface area contributed by atoms with E-state index < -0.39 is 0 Å². The van der Waals surface area contributed by atoms with Crippen LogP contribution in [0.3, 0.4) is 0 Å². The summed E-state index contributed by atoms with van der Waals surface area (Å²) in [5, 5.41) is 9.98. The molecule has 4 heteroatoms. The molecule has 3 rings (SSSR count). The van der Waals surface area contributed by atoms with Crippen molar-refractivity contribution in [2.24, 2.45) is 0 Å². The van der Waals surface area contributed by atoms with Crippen molar-refractivity contribution in [3.63, 3.8) is 0 Å². The fourth-order valence-corrected chi connectivity index (χ4v) is 3.92. The lowest BCUT2D eigenvalue weighted by molar-refractivity contribution is 0.0306. The van der Waals surface area contributed by atoms with Gasteiger partial charge in [-0.15, -0.1) is 6.58 Å². The summed E-state index contributed by atoms with van der Waals surface area (Å²) in [6.07, 6.45) is 1.95. The van der Waals surface area contributed by atoms with E-state index in [1.807, 2.05) is 36.4 Å². The summed E-state index contributed by atoms with van der Waals surface area (Å²) < 4.78 is 13.5. The van der Waals surface area contributed by atoms with Gasteiger partial charge in [-0.25, -0.2) is 4.39 Å². The van der Waals surface area contributed by atoms with Crippen molar-refractivity contribution in [3.8, 4) is 5.75 Å². The van der Waals surface area contributed by atoms with Crippen LogP contribution in [0.4, 0.5) is 4.39 Å². The van der Waals surface area contributed by atoms with Gasteiger partial charge in [0.25, 0.3) is 0 Å². The third-order valence-electron chi connectivity index (χ3n) is 5.23. The summed E-state index contributed by atoms with van der Waals surface area (Å²) in [6, 6.07) is 14.8. The molecular weight excluding hydrogens is 327 g/mol. The fraction of sp³-hybridized carbons (Fsp3) is 0.364. The molecule has 1 saturated heterocycles. The fourth-order valence-electron chi connectivity index (χ4n) is 3.92. The Labute approximate surface area is 155 Å². The first-order chi connectivity index (χ1) is 12.5. The van der Waals surface area contributed by atoms with Crippen LogP contribution in [0, 0.1) is 5.82 Å². The maximum Gasteiger partial charge on any atom is 0.123 e. The number of phenolic OH excluding ortho intramolecular Hbond substituents is 1. The van der Waals surface area contributed by atoms with Crippen LogP contribution in [-0.4, -0.2) is 46.6 Å². The second-order valence-corrected chi connectivity index (χ2v) is 7.19. The van der Waals surface area contributed by atoms with Gasteiger partial charge in [0.05, 0.1) is 6.04 Å². The van der Waals surface area contributed by atoms with Gasteiger partial charge in [0.2, 0.25) is 0 Å². The van der Waals surface area contributed by atoms with E-state index in [2.05, 4.69) is 30.2 Å². The number of benzene rings is 2. The Balaban J connectivity index is 1.98. The van der Waals surface area contributed by atoms with Crippen LogP contribution in [0.1, 0.15) is 31.0 Å². The molecule has 3 atom stereocenters. The summed E-state index contributed by atoms with van der Waals surface area (Å²) in [4.78, 5) is 4.88. The SMILES string of the molecule is C=CCN1CC(C)N(C(c2ccc(F)cc2)c2cccc(O)c2)CC1C. The van der Waals surface area contributed by atoms with Gasteiger partial charge < -0.3 is 5.11 Å². The second-order valence-electron chi connectivity index (χ2n) is 7.19. The summed E-state index contributed by atoms with van der Waals surface area (Å²) in [7, 11) is 0. The number of aromatic hydroxyl groups is 1. The molecule has 0 spiro atoms. The molecular formula is C22H27FN2O. The van der Waals surface area contributed by atoms with Crippen LogP contribution in [-0.2, 0) is 0 Å². The van der Waals surface area contributed by atoms with Gasteiger partial charge in [-0.2, -0.15) is 0 Å². The Bertz CT molecular complexity index is 746. The van der Waals surface area contributed by atoms with Crippen LogP contribution < -0.4 is 0 Å². The summed E-state index contributed by atoms with van der Waals surface area (Å²) in [5.41, 5.74) is 2.06. The molecule has 138 valence electrons. The van der Waals surface area contributed by atoms with Crippen molar-refractivity contribution in [2.45, 2.75) is 32.0 Å². The Morgan fingerprint density at radius 2 is 1.85 bits per heavy atom. The van der Waals surface area contributed by atoms with E-state index in [9.17, 15) is 9.50 Å². The molecule has 1 aliphatic rings. The van der Waals surface area contributed by atoms with Crippen molar-refractivity contribution in [1.82, 2.24) is 9.80 Å². The van der Waals surface area contributed by atoms with E-state index in [1.54, 1.807) is 6.07 Å². The number of rotatable bonds is 5. The van der Waals surface area contributed by atoms with Crippen LogP contribution in [0.25, 0.3) is 0 Å². The van der Waals surface area contributed by atoms with E-state index >= 15 is 0 Å². The quantitative estimate of drug-likeness (QED) is 0.815. The molecule has 0 aromatic heterocycles. The molecule has 0 amide bonds. The molecule has 2 aromatic carbocycles. The maximum absolute atomic E-state index is 13.5. The number of hydrogen-bond donors (Lipinski definition) is 1. The van der Waals surface area contributed by atoms with Crippen LogP contribution in [0.15, 0.2) is 61.2 Å². The van der Waals surface area contributed by atoms with E-state index in [1.165, 1.54) is 12.1 Å². The third kappa shape index (κ3) is 3.97. The smallest absolute Gasteiger partial charge is 0.123 e. The first-order valence-electron chi connectivity index (χ1n) is 9.14. The standard InChI is InChI=1S/C22H27FN2O/c1-4-12-24-14-17(3)25(15-16(24)2)22(18-8-10-20(23)11-9-18)19-6-5-7-21(26)13-19/h4-11,13,16-17,22,26H,1,12,14-15H2,2-3H3. The monoisotopic (exact) mass is 354 g/mol. The van der Waals surface area contributed by atoms with Gasteiger partial charge in [0, 0.05) is 31.7 Å². The van der Waals surface area contributed by atoms with E-state index in [0.717, 1.165) is 30.8 Å². The molecule has 0 saturated carbocycles. The van der Waals surface area contributed by atoms with E-state index in [4.69, 9.17) is 0 Å². The normalized spacial score (nSPS) is 22.9. The molecule has 0 aliphatic carbocycles. The van der Waals surface area contributed by atoms with Gasteiger partial charge in [-0.3, -0.25) is 9.80 Å². The van der Waals surface area contributed by atoms with Crippen LogP contribution in [0.2, 0.25) is 0 Å². The Hall–Kier alpha value is -2.17. The Morgan fingerprint density at radius 1 is 1.12 bits per heavy atom. The van der Waals surface area contributed by atoms with E-state index in [0.29, 0.717) is 12.1 Å². The average molecular weight is 354 g/mol. The van der Waals surface area contributed by atoms with Gasteiger partial charge in [-0.05, 0) is 49.2 Å². The second kappa shape index (κ2) is 8.02. The number of piperazine rings is 1. The molecule has 26 heavy (non-hydrogen) atoms. The number of hydrogen-bond acceptors (Lipinski definition) is 3. The lowest BCUT2D eigenvalue weighted by Gasteiger charge is -2.47. The highest BCUT2D eigenvalue weighted by atomic mass is 19.1. The highest BCUT2D eigenvalue weighted by Crippen LogP contribution is 2.34. The lowest BCUT2D eigenvalue weighted by Crippen LogP contribution is -2.57. The first kappa shape index (κ1) is 18.6. The number of phenols is 1. The predicted octanol–water partition coefficient (Wildman–Crippen LogP) is 4.20. The minimum atomic E-state index is -0.236. The highest BCUT2D eigenvalue weighted by Gasteiger charge is 2.34. The predicted molar refractivity (Wildman–Crippen MR) is 104 cm³/mol. The Morgan fingerprint density at radius 3 is 2.50 bits per heavy atom. The summed E-state index contributed by atoms with van der Waals surface area (Å²) in [5.74, 6) is 0.0150. The largest absolute Gasteiger partial charge is 0.508 e. The molecule has 1 fully saturated rings. The van der Waals surface area contributed by atoms with Crippen molar-refractivity contribution in [3.05, 3.63) is 78.1 Å². The number of nitrogens with zero attached hydrogens (tertiary/aromatic N) is 2. The summed E-state index contributed by atoms with van der Waals surface area (Å²) in [6.45, 7) is 11.0. The molecule has 3 nitrogen and oxygen atoms in total. The average Bonchev–Trinajstić information content (AvgIpc) is 2.61. The van der Waals surface area contributed by atoms with Crippen LogP contribution >= 0.6 is 0 Å². The van der Waals surface area contributed by atoms with Crippen molar-refractivity contribution >= 4 is 0 Å². The van der Waals surface area contributed by atoms with Gasteiger partial charge in [-0.1, -0.05) is 30.3 Å². The molecule has 1 N–H and O–H groups in total. The van der Waals surface area contributed by atoms with Gasteiger partial charge in [0.1, 0.15) is 11.6 Å². The van der Waals surface area contributed by atoms with Crippen molar-refractivity contribution < 1.29 is 9.50 Å². The van der Waals surface area contributed by atoms with Crippen LogP contribution in [0.5, 0.6) is 5.75 Å². The molecule has 0 bridgehead atoms. The lowest BCUT2D eigenvalue weighted by atomic mass is 9.93. The molecule has 0 radical (unpaired) electrons. The minimum Gasteiger partial charge on any atom is -0.508 e. The van der Waals surface area contributed by atoms with Gasteiger partial charge >= 0.3 is 0 Å². The molecule has 1 aliphatic heterocycles. The van der Waals surface area contributed by atoms with Gasteiger partial charge in [0.15, 0.2) is 0 Å².